The lowest BCUT2D eigenvalue weighted by atomic mass is 10.4. The van der Waals surface area contributed by atoms with Gasteiger partial charge in [-0.1, -0.05) is 11.3 Å². The monoisotopic (exact) mass is 297 g/mol. The van der Waals surface area contributed by atoms with Gasteiger partial charge in [0.1, 0.15) is 10.9 Å². The number of carbonyl (C=O) groups excluding carboxylic acids is 1. The lowest BCUT2D eigenvalue weighted by molar-refractivity contribution is 0.0995. The first-order chi connectivity index (χ1) is 7.69. The zero-order valence-electron chi connectivity index (χ0n) is 7.73. The van der Waals surface area contributed by atoms with Gasteiger partial charge in [0.15, 0.2) is 15.6 Å². The minimum Gasteiger partial charge on any atom is -0.444 e. The third-order valence-electron chi connectivity index (χ3n) is 1.63. The molecule has 1 amide bonds. The van der Waals surface area contributed by atoms with Crippen molar-refractivity contribution in [3.8, 4) is 6.07 Å². The highest BCUT2D eigenvalue weighted by molar-refractivity contribution is 9.10. The van der Waals surface area contributed by atoms with Crippen LogP contribution in [0, 0.1) is 11.3 Å². The Morgan fingerprint density at radius 3 is 3.00 bits per heavy atom. The number of hydrogen-bond donors (Lipinski definition) is 1. The molecule has 2 heterocycles. The molecule has 0 bridgehead atoms. The first kappa shape index (κ1) is 10.9. The van der Waals surface area contributed by atoms with Crippen LogP contribution in [0.2, 0.25) is 0 Å². The Morgan fingerprint density at radius 1 is 1.62 bits per heavy atom. The number of rotatable bonds is 2. The number of hydrogen-bond acceptors (Lipinski definition) is 5. The maximum absolute atomic E-state index is 11.6. The highest BCUT2D eigenvalue weighted by Gasteiger charge is 2.12. The number of amides is 1. The minimum atomic E-state index is -0.399. The van der Waals surface area contributed by atoms with Gasteiger partial charge in [0.05, 0.1) is 6.20 Å². The van der Waals surface area contributed by atoms with Crippen LogP contribution in [0.1, 0.15) is 15.4 Å². The van der Waals surface area contributed by atoms with Gasteiger partial charge in [-0.15, -0.1) is 0 Å². The number of nitrogens with zero attached hydrogens (tertiary/aromatic N) is 2. The Morgan fingerprint density at radius 2 is 2.44 bits per heavy atom. The van der Waals surface area contributed by atoms with Crippen LogP contribution in [-0.4, -0.2) is 10.9 Å². The second-order valence-corrected chi connectivity index (χ2v) is 4.51. The number of aromatic nitrogens is 1. The summed E-state index contributed by atoms with van der Waals surface area (Å²) in [7, 11) is 0. The van der Waals surface area contributed by atoms with Crippen molar-refractivity contribution in [2.75, 3.05) is 5.32 Å². The van der Waals surface area contributed by atoms with Crippen molar-refractivity contribution in [1.29, 1.82) is 5.26 Å². The maximum atomic E-state index is 11.6. The highest BCUT2D eigenvalue weighted by atomic mass is 79.9. The van der Waals surface area contributed by atoms with Gasteiger partial charge < -0.3 is 4.42 Å². The van der Waals surface area contributed by atoms with Gasteiger partial charge in [-0.2, -0.15) is 5.26 Å². The molecule has 0 spiro atoms. The van der Waals surface area contributed by atoms with E-state index in [1.807, 2.05) is 6.07 Å². The highest BCUT2D eigenvalue weighted by Crippen LogP contribution is 2.19. The number of anilines is 1. The fourth-order valence-electron chi connectivity index (χ4n) is 0.979. The lowest BCUT2D eigenvalue weighted by Gasteiger charge is -1.96. The molecule has 0 aliphatic carbocycles. The predicted octanol–water partition coefficient (Wildman–Crippen LogP) is 2.62. The Bertz CT molecular complexity index is 569. The second kappa shape index (κ2) is 4.47. The molecule has 0 unspecified atom stereocenters. The Balaban J connectivity index is 2.11. The van der Waals surface area contributed by atoms with Crippen LogP contribution in [0.5, 0.6) is 0 Å². The molecule has 2 aromatic heterocycles. The van der Waals surface area contributed by atoms with E-state index in [0.29, 0.717) is 14.7 Å². The quantitative estimate of drug-likeness (QED) is 0.924. The van der Waals surface area contributed by atoms with Crippen LogP contribution >= 0.6 is 27.3 Å². The molecule has 16 heavy (non-hydrogen) atoms. The molecule has 0 aromatic carbocycles. The standard InChI is InChI=1S/C9H4BrN3O2S/c10-7-2-1-6(15-7)8(14)13-9-12-4-5(3-11)16-9/h1-2,4H,(H,12,13,14). The zero-order chi connectivity index (χ0) is 11.5. The number of carbonyl (C=O) groups is 1. The number of nitrogens with one attached hydrogen (secondary N) is 1. The molecule has 2 rings (SSSR count). The zero-order valence-corrected chi connectivity index (χ0v) is 10.1. The molecule has 0 saturated heterocycles. The van der Waals surface area contributed by atoms with Crippen molar-refractivity contribution in [2.45, 2.75) is 0 Å². The summed E-state index contributed by atoms with van der Waals surface area (Å²) in [6.07, 6.45) is 1.40. The fraction of sp³-hybridized carbons (Fsp3) is 0. The summed E-state index contributed by atoms with van der Waals surface area (Å²) in [5.74, 6) is -0.217. The van der Waals surface area contributed by atoms with Gasteiger partial charge in [0, 0.05) is 0 Å². The molecule has 1 N–H and O–H groups in total. The summed E-state index contributed by atoms with van der Waals surface area (Å²) in [5, 5.41) is 11.5. The molecule has 0 aliphatic rings. The van der Waals surface area contributed by atoms with Crippen LogP contribution in [0.15, 0.2) is 27.4 Å². The molecule has 7 heteroatoms. The first-order valence-corrected chi connectivity index (χ1v) is 5.72. The molecule has 80 valence electrons. The molecule has 0 fully saturated rings. The minimum absolute atomic E-state index is 0.181. The Labute approximate surface area is 103 Å². The van der Waals surface area contributed by atoms with E-state index in [0.717, 1.165) is 11.3 Å². The van der Waals surface area contributed by atoms with Crippen molar-refractivity contribution in [1.82, 2.24) is 4.98 Å². The summed E-state index contributed by atoms with van der Waals surface area (Å²) in [5.41, 5.74) is 0. The van der Waals surface area contributed by atoms with Gasteiger partial charge in [-0.25, -0.2) is 4.98 Å². The largest absolute Gasteiger partial charge is 0.444 e. The summed E-state index contributed by atoms with van der Waals surface area (Å²) < 4.78 is 5.55. The van der Waals surface area contributed by atoms with E-state index in [4.69, 9.17) is 9.68 Å². The molecular formula is C9H4BrN3O2S. The number of furan rings is 1. The first-order valence-electron chi connectivity index (χ1n) is 4.11. The summed E-state index contributed by atoms with van der Waals surface area (Å²) in [6.45, 7) is 0. The Kier molecular flexibility index (Phi) is 3.03. The van der Waals surface area contributed by atoms with E-state index in [-0.39, 0.29) is 5.76 Å². The van der Waals surface area contributed by atoms with Crippen LogP contribution < -0.4 is 5.32 Å². The van der Waals surface area contributed by atoms with E-state index in [2.05, 4.69) is 26.2 Å². The maximum Gasteiger partial charge on any atom is 0.293 e. The number of nitriles is 1. The molecule has 2 aromatic rings. The van der Waals surface area contributed by atoms with E-state index in [9.17, 15) is 4.79 Å². The van der Waals surface area contributed by atoms with E-state index < -0.39 is 5.91 Å². The average molecular weight is 298 g/mol. The summed E-state index contributed by atoms with van der Waals surface area (Å²) >= 11 is 4.20. The van der Waals surface area contributed by atoms with E-state index in [1.54, 1.807) is 6.07 Å². The van der Waals surface area contributed by atoms with Crippen molar-refractivity contribution in [3.63, 3.8) is 0 Å². The molecule has 0 atom stereocenters. The van der Waals surface area contributed by atoms with Crippen LogP contribution in [0.4, 0.5) is 5.13 Å². The fourth-order valence-corrected chi connectivity index (χ4v) is 1.89. The molecular weight excluding hydrogens is 294 g/mol. The topological polar surface area (TPSA) is 78.9 Å². The third kappa shape index (κ3) is 2.29. The summed E-state index contributed by atoms with van der Waals surface area (Å²) in [4.78, 5) is 15.9. The van der Waals surface area contributed by atoms with Gasteiger partial charge in [-0.05, 0) is 28.1 Å². The van der Waals surface area contributed by atoms with Gasteiger partial charge in [-0.3, -0.25) is 10.1 Å². The Hall–Kier alpha value is -1.65. The molecule has 0 radical (unpaired) electrons. The van der Waals surface area contributed by atoms with Crippen LogP contribution in [0.25, 0.3) is 0 Å². The van der Waals surface area contributed by atoms with E-state index >= 15 is 0 Å². The molecule has 0 saturated carbocycles. The number of halogens is 1. The van der Waals surface area contributed by atoms with Gasteiger partial charge >= 0.3 is 0 Å². The van der Waals surface area contributed by atoms with Crippen LogP contribution in [-0.2, 0) is 0 Å². The SMILES string of the molecule is N#Cc1cnc(NC(=O)c2ccc(Br)o2)s1. The predicted molar refractivity (Wildman–Crippen MR) is 61.2 cm³/mol. The van der Waals surface area contributed by atoms with Gasteiger partial charge in [0.2, 0.25) is 0 Å². The molecule has 5 nitrogen and oxygen atoms in total. The smallest absolute Gasteiger partial charge is 0.293 e. The average Bonchev–Trinajstić information content (AvgIpc) is 2.87. The molecule has 0 aliphatic heterocycles. The number of thiazole rings is 1. The van der Waals surface area contributed by atoms with Crippen molar-refractivity contribution < 1.29 is 9.21 Å². The van der Waals surface area contributed by atoms with Crippen molar-refractivity contribution in [2.24, 2.45) is 0 Å². The van der Waals surface area contributed by atoms with Gasteiger partial charge in [0.25, 0.3) is 5.91 Å². The van der Waals surface area contributed by atoms with Crippen molar-refractivity contribution in [3.05, 3.63) is 33.6 Å². The lowest BCUT2D eigenvalue weighted by Crippen LogP contribution is -2.10. The second-order valence-electron chi connectivity index (χ2n) is 2.70. The van der Waals surface area contributed by atoms with Crippen LogP contribution in [0.3, 0.4) is 0 Å². The normalized spacial score (nSPS) is 9.75. The van der Waals surface area contributed by atoms with E-state index in [1.165, 1.54) is 12.3 Å². The summed E-state index contributed by atoms with van der Waals surface area (Å²) in [6, 6.07) is 5.10. The van der Waals surface area contributed by atoms with Crippen molar-refractivity contribution >= 4 is 38.3 Å². The third-order valence-corrected chi connectivity index (χ3v) is 2.88.